The molecule has 1 fully saturated rings. The normalized spacial score (nSPS) is 24.8. The fraction of sp³-hybridized carbons (Fsp3) is 0.421. The van der Waals surface area contributed by atoms with E-state index < -0.39 is 11.5 Å². The molecule has 0 unspecified atom stereocenters. The second-order valence-corrected chi connectivity index (χ2v) is 6.75. The summed E-state index contributed by atoms with van der Waals surface area (Å²) in [6, 6.07) is 13.9. The largest absolute Gasteiger partial charge is 0.396 e. The third-order valence-corrected chi connectivity index (χ3v) is 5.00. The molecule has 0 bridgehead atoms. The van der Waals surface area contributed by atoms with Crippen molar-refractivity contribution >= 4 is 5.82 Å². The third kappa shape index (κ3) is 3.59. The fourth-order valence-corrected chi connectivity index (χ4v) is 3.59. The molecule has 1 aromatic heterocycles. The average molecular weight is 327 g/mol. The molecule has 0 amide bonds. The highest BCUT2D eigenvalue weighted by molar-refractivity contribution is 5.38. The van der Waals surface area contributed by atoms with E-state index in [0.29, 0.717) is 31.7 Å². The third-order valence-electron chi connectivity index (χ3n) is 5.00. The Balaban J connectivity index is 1.77. The Kier molecular flexibility index (Phi) is 5.14. The number of aromatic nitrogens is 1. The lowest BCUT2D eigenvalue weighted by Crippen LogP contribution is -2.54. The molecule has 0 saturated carbocycles. The van der Waals surface area contributed by atoms with Gasteiger partial charge in [0, 0.05) is 36.8 Å². The number of nitrogen functional groups attached to an aromatic ring is 1. The molecule has 0 aliphatic carbocycles. The zero-order valence-electron chi connectivity index (χ0n) is 13.8. The molecular weight excluding hydrogens is 302 g/mol. The molecule has 0 spiro atoms. The lowest BCUT2D eigenvalue weighted by atomic mass is 9.73. The number of benzene rings is 1. The summed E-state index contributed by atoms with van der Waals surface area (Å²) in [4.78, 5) is 6.39. The quantitative estimate of drug-likeness (QED) is 0.774. The summed E-state index contributed by atoms with van der Waals surface area (Å²) in [6.45, 7) is 2.06. The van der Waals surface area contributed by atoms with Gasteiger partial charge in [-0.3, -0.25) is 4.90 Å². The molecule has 4 N–H and O–H groups in total. The molecule has 5 heteroatoms. The molecule has 1 saturated heterocycles. The minimum Gasteiger partial charge on any atom is -0.396 e. The van der Waals surface area contributed by atoms with Crippen molar-refractivity contribution in [2.45, 2.75) is 25.5 Å². The van der Waals surface area contributed by atoms with Crippen LogP contribution in [-0.4, -0.2) is 45.9 Å². The van der Waals surface area contributed by atoms with Crippen LogP contribution in [-0.2, 0) is 13.0 Å². The predicted octanol–water partition coefficient (Wildman–Crippen LogP) is 1.45. The number of hydrogen-bond donors (Lipinski definition) is 3. The van der Waals surface area contributed by atoms with Crippen molar-refractivity contribution in [2.75, 3.05) is 25.4 Å². The van der Waals surface area contributed by atoms with Gasteiger partial charge >= 0.3 is 0 Å². The first-order valence-corrected chi connectivity index (χ1v) is 8.37. The maximum Gasteiger partial charge on any atom is 0.127 e. The highest BCUT2D eigenvalue weighted by Gasteiger charge is 2.42. The van der Waals surface area contributed by atoms with E-state index in [9.17, 15) is 10.2 Å². The van der Waals surface area contributed by atoms with E-state index in [0.717, 1.165) is 17.7 Å². The van der Waals surface area contributed by atoms with Crippen LogP contribution in [0.1, 0.15) is 17.5 Å². The van der Waals surface area contributed by atoms with Gasteiger partial charge in [-0.25, -0.2) is 4.98 Å². The summed E-state index contributed by atoms with van der Waals surface area (Å²) in [6.07, 6.45) is 2.48. The summed E-state index contributed by atoms with van der Waals surface area (Å²) < 4.78 is 0. The molecule has 1 aliphatic rings. The van der Waals surface area contributed by atoms with Gasteiger partial charge in [0.15, 0.2) is 0 Å². The van der Waals surface area contributed by atoms with Crippen LogP contribution < -0.4 is 5.73 Å². The Bertz CT molecular complexity index is 665. The van der Waals surface area contributed by atoms with Crippen LogP contribution in [0.2, 0.25) is 0 Å². The molecule has 2 atom stereocenters. The standard InChI is InChI=1S/C19H25N3O2/c20-18-16(7-4-9-21-18)12-22-10-8-17(24)19(13-22,14-23)11-15-5-2-1-3-6-15/h1-7,9,17,23-24H,8,10-14H2,(H2,20,21)/t17-,19+/m0/s1. The number of nitrogens with two attached hydrogens (primary N) is 1. The van der Waals surface area contributed by atoms with Gasteiger partial charge in [-0.1, -0.05) is 36.4 Å². The van der Waals surface area contributed by atoms with Gasteiger partial charge in [0.05, 0.1) is 12.7 Å². The van der Waals surface area contributed by atoms with Gasteiger partial charge in [-0.05, 0) is 24.5 Å². The fourth-order valence-electron chi connectivity index (χ4n) is 3.59. The summed E-state index contributed by atoms with van der Waals surface area (Å²) >= 11 is 0. The van der Waals surface area contributed by atoms with E-state index in [1.54, 1.807) is 6.20 Å². The molecule has 1 aromatic carbocycles. The van der Waals surface area contributed by atoms with E-state index in [1.807, 2.05) is 42.5 Å². The van der Waals surface area contributed by atoms with Crippen molar-refractivity contribution in [1.82, 2.24) is 9.88 Å². The van der Waals surface area contributed by atoms with E-state index in [-0.39, 0.29) is 6.61 Å². The lowest BCUT2D eigenvalue weighted by Gasteiger charge is -2.45. The second kappa shape index (κ2) is 7.30. The molecule has 3 rings (SSSR count). The van der Waals surface area contributed by atoms with E-state index in [1.165, 1.54) is 0 Å². The highest BCUT2D eigenvalue weighted by Crippen LogP contribution is 2.34. The Morgan fingerprint density at radius 1 is 1.21 bits per heavy atom. The maximum atomic E-state index is 10.6. The van der Waals surface area contributed by atoms with Crippen LogP contribution in [0.25, 0.3) is 0 Å². The van der Waals surface area contributed by atoms with Gasteiger partial charge in [-0.2, -0.15) is 0 Å². The number of rotatable bonds is 5. The first kappa shape index (κ1) is 16.9. The average Bonchev–Trinajstić information content (AvgIpc) is 2.61. The van der Waals surface area contributed by atoms with Crippen molar-refractivity contribution in [3.63, 3.8) is 0 Å². The zero-order chi connectivity index (χ0) is 17.0. The number of pyridine rings is 1. The van der Waals surface area contributed by atoms with E-state index >= 15 is 0 Å². The SMILES string of the molecule is Nc1ncccc1CN1CC[C@H](O)[C@](CO)(Cc2ccccc2)C1. The van der Waals surface area contributed by atoms with Crippen molar-refractivity contribution in [3.05, 3.63) is 59.8 Å². The van der Waals surface area contributed by atoms with E-state index in [2.05, 4.69) is 9.88 Å². The minimum atomic E-state index is -0.545. The maximum absolute atomic E-state index is 10.6. The van der Waals surface area contributed by atoms with Crippen LogP contribution in [0.15, 0.2) is 48.7 Å². The lowest BCUT2D eigenvalue weighted by molar-refractivity contribution is -0.0768. The summed E-state index contributed by atoms with van der Waals surface area (Å²) in [5.41, 5.74) is 7.53. The molecule has 24 heavy (non-hydrogen) atoms. The van der Waals surface area contributed by atoms with Crippen molar-refractivity contribution in [3.8, 4) is 0 Å². The Morgan fingerprint density at radius 3 is 2.71 bits per heavy atom. The molecule has 1 aliphatic heterocycles. The van der Waals surface area contributed by atoms with Gasteiger partial charge in [-0.15, -0.1) is 0 Å². The Morgan fingerprint density at radius 2 is 2.00 bits per heavy atom. The Hall–Kier alpha value is -1.95. The minimum absolute atomic E-state index is 0.0396. The number of likely N-dealkylation sites (tertiary alicyclic amines) is 1. The van der Waals surface area contributed by atoms with Gasteiger partial charge in [0.1, 0.15) is 5.82 Å². The molecule has 5 nitrogen and oxygen atoms in total. The van der Waals surface area contributed by atoms with Gasteiger partial charge in [0.2, 0.25) is 0 Å². The Labute approximate surface area is 142 Å². The first-order valence-electron chi connectivity index (χ1n) is 8.37. The van der Waals surface area contributed by atoms with E-state index in [4.69, 9.17) is 5.73 Å². The van der Waals surface area contributed by atoms with Crippen molar-refractivity contribution < 1.29 is 10.2 Å². The van der Waals surface area contributed by atoms with Crippen LogP contribution in [0.4, 0.5) is 5.82 Å². The van der Waals surface area contributed by atoms with Crippen molar-refractivity contribution in [1.29, 1.82) is 0 Å². The molecule has 2 aromatic rings. The van der Waals surface area contributed by atoms with Crippen molar-refractivity contribution in [2.24, 2.45) is 5.41 Å². The number of anilines is 1. The predicted molar refractivity (Wildman–Crippen MR) is 94.2 cm³/mol. The highest BCUT2D eigenvalue weighted by atomic mass is 16.3. The van der Waals surface area contributed by atoms with Crippen LogP contribution in [0.3, 0.4) is 0 Å². The summed E-state index contributed by atoms with van der Waals surface area (Å²) in [7, 11) is 0. The second-order valence-electron chi connectivity index (χ2n) is 6.75. The van der Waals surface area contributed by atoms with Crippen LogP contribution in [0.5, 0.6) is 0 Å². The molecule has 0 radical (unpaired) electrons. The number of aliphatic hydroxyl groups excluding tert-OH is 2. The number of piperidine rings is 1. The number of hydrogen-bond acceptors (Lipinski definition) is 5. The number of aliphatic hydroxyl groups is 2. The van der Waals surface area contributed by atoms with Crippen LogP contribution in [0, 0.1) is 5.41 Å². The first-order chi connectivity index (χ1) is 11.6. The van der Waals surface area contributed by atoms with Gasteiger partial charge < -0.3 is 15.9 Å². The van der Waals surface area contributed by atoms with Gasteiger partial charge in [0.25, 0.3) is 0 Å². The number of nitrogens with zero attached hydrogens (tertiary/aromatic N) is 2. The zero-order valence-corrected chi connectivity index (χ0v) is 13.8. The smallest absolute Gasteiger partial charge is 0.127 e. The molecule has 2 heterocycles. The summed E-state index contributed by atoms with van der Waals surface area (Å²) in [5, 5.41) is 20.7. The topological polar surface area (TPSA) is 82.6 Å². The van der Waals surface area contributed by atoms with Crippen LogP contribution >= 0.6 is 0 Å². The monoisotopic (exact) mass is 327 g/mol. The molecule has 128 valence electrons. The summed E-state index contributed by atoms with van der Waals surface area (Å²) in [5.74, 6) is 0.543. The molecular formula is C19H25N3O2.